The van der Waals surface area contributed by atoms with E-state index in [4.69, 9.17) is 0 Å². The predicted octanol–water partition coefficient (Wildman–Crippen LogP) is 6.71. The van der Waals surface area contributed by atoms with Gasteiger partial charge in [0.15, 0.2) is 9.84 Å². The molecule has 0 atom stereocenters. The lowest BCUT2D eigenvalue weighted by Gasteiger charge is -2.16. The van der Waals surface area contributed by atoms with Crippen LogP contribution >= 0.6 is 0 Å². The standard InChI is InChI=1S/C31H21F3N2O2S/c1-39(37,38)26-17-23(18-35-20-26)14-13-22-9-5-10-24(15-22)29-25(16-21-7-3-2-4-8-21)19-36-30-27(29)11-6-12-28(30)31(32,33)34/h2-12,15,17-20H,16H2,1H3. The second-order valence-electron chi connectivity index (χ2n) is 9.03. The van der Waals surface area contributed by atoms with Crippen LogP contribution in [0.4, 0.5) is 13.2 Å². The number of halogens is 3. The van der Waals surface area contributed by atoms with Gasteiger partial charge in [-0.05, 0) is 52.9 Å². The number of aromatic nitrogens is 2. The summed E-state index contributed by atoms with van der Waals surface area (Å²) in [5.41, 5.74) is 3.27. The topological polar surface area (TPSA) is 59.9 Å². The maximum Gasteiger partial charge on any atom is 0.418 e. The van der Waals surface area contributed by atoms with Gasteiger partial charge in [-0.25, -0.2) is 8.42 Å². The minimum Gasteiger partial charge on any atom is -0.262 e. The first-order valence-electron chi connectivity index (χ1n) is 11.9. The van der Waals surface area contributed by atoms with Gasteiger partial charge in [-0.2, -0.15) is 13.2 Å². The van der Waals surface area contributed by atoms with Gasteiger partial charge in [-0.1, -0.05) is 66.4 Å². The van der Waals surface area contributed by atoms with E-state index < -0.39 is 21.6 Å². The molecule has 39 heavy (non-hydrogen) atoms. The van der Waals surface area contributed by atoms with Crippen molar-refractivity contribution < 1.29 is 21.6 Å². The minimum absolute atomic E-state index is 0.0670. The average molecular weight is 543 g/mol. The van der Waals surface area contributed by atoms with Crippen molar-refractivity contribution in [3.63, 3.8) is 0 Å². The van der Waals surface area contributed by atoms with E-state index in [1.54, 1.807) is 18.2 Å². The number of alkyl halides is 3. The van der Waals surface area contributed by atoms with Gasteiger partial charge in [0.05, 0.1) is 16.0 Å². The van der Waals surface area contributed by atoms with Crippen molar-refractivity contribution in [2.45, 2.75) is 17.5 Å². The van der Waals surface area contributed by atoms with Gasteiger partial charge in [0, 0.05) is 41.4 Å². The van der Waals surface area contributed by atoms with Crippen LogP contribution in [0.3, 0.4) is 0 Å². The van der Waals surface area contributed by atoms with Crippen molar-refractivity contribution in [1.82, 2.24) is 9.97 Å². The molecule has 0 fully saturated rings. The smallest absolute Gasteiger partial charge is 0.262 e. The zero-order valence-electron chi connectivity index (χ0n) is 20.7. The van der Waals surface area contributed by atoms with E-state index in [-0.39, 0.29) is 10.4 Å². The van der Waals surface area contributed by atoms with Crippen LogP contribution in [-0.2, 0) is 22.4 Å². The van der Waals surface area contributed by atoms with Crippen LogP contribution in [0.25, 0.3) is 22.0 Å². The number of fused-ring (bicyclic) bond motifs is 1. The number of sulfone groups is 1. The Balaban J connectivity index is 1.65. The van der Waals surface area contributed by atoms with Crippen molar-refractivity contribution >= 4 is 20.7 Å². The van der Waals surface area contributed by atoms with Crippen molar-refractivity contribution in [3.05, 3.63) is 125 Å². The van der Waals surface area contributed by atoms with E-state index in [1.165, 1.54) is 30.7 Å². The van der Waals surface area contributed by atoms with E-state index in [0.29, 0.717) is 34.1 Å². The number of para-hydroxylation sites is 1. The van der Waals surface area contributed by atoms with Crippen molar-refractivity contribution in [3.8, 4) is 23.0 Å². The third kappa shape index (κ3) is 5.84. The number of hydrogen-bond acceptors (Lipinski definition) is 4. The molecule has 0 bridgehead atoms. The fourth-order valence-electron chi connectivity index (χ4n) is 4.37. The highest BCUT2D eigenvalue weighted by atomic mass is 32.2. The van der Waals surface area contributed by atoms with Crippen LogP contribution in [0.1, 0.15) is 27.8 Å². The zero-order valence-corrected chi connectivity index (χ0v) is 21.5. The van der Waals surface area contributed by atoms with Gasteiger partial charge in [-0.15, -0.1) is 0 Å². The van der Waals surface area contributed by atoms with Gasteiger partial charge >= 0.3 is 6.18 Å². The summed E-state index contributed by atoms with van der Waals surface area (Å²) in [5, 5.41) is 0.397. The molecule has 0 aliphatic heterocycles. The Bertz CT molecular complexity index is 1860. The summed E-state index contributed by atoms with van der Waals surface area (Å²) in [6, 6.07) is 22.4. The maximum absolute atomic E-state index is 13.8. The fourth-order valence-corrected chi connectivity index (χ4v) is 4.96. The monoisotopic (exact) mass is 542 g/mol. The molecule has 0 radical (unpaired) electrons. The van der Waals surface area contributed by atoms with Crippen molar-refractivity contribution in [1.29, 1.82) is 0 Å². The van der Waals surface area contributed by atoms with E-state index in [2.05, 4.69) is 21.8 Å². The summed E-state index contributed by atoms with van der Waals surface area (Å²) in [4.78, 5) is 8.28. The Hall–Kier alpha value is -4.48. The molecule has 0 aliphatic carbocycles. The minimum atomic E-state index is -4.55. The van der Waals surface area contributed by atoms with Gasteiger partial charge in [0.25, 0.3) is 0 Å². The van der Waals surface area contributed by atoms with Crippen LogP contribution in [0, 0.1) is 11.8 Å². The highest BCUT2D eigenvalue weighted by Gasteiger charge is 2.33. The van der Waals surface area contributed by atoms with Crippen LogP contribution in [-0.4, -0.2) is 24.6 Å². The normalized spacial score (nSPS) is 11.7. The summed E-state index contributed by atoms with van der Waals surface area (Å²) in [7, 11) is -3.43. The Morgan fingerprint density at radius 3 is 2.31 bits per heavy atom. The van der Waals surface area contributed by atoms with Crippen LogP contribution < -0.4 is 0 Å². The SMILES string of the molecule is CS(=O)(=O)c1cncc(C#Cc2cccc(-c3c(Cc4ccccc4)cnc4c(C(F)(F)F)cccc34)c2)c1. The lowest BCUT2D eigenvalue weighted by atomic mass is 9.91. The van der Waals surface area contributed by atoms with Gasteiger partial charge < -0.3 is 0 Å². The van der Waals surface area contributed by atoms with Gasteiger partial charge in [-0.3, -0.25) is 9.97 Å². The lowest BCUT2D eigenvalue weighted by Crippen LogP contribution is -2.07. The highest BCUT2D eigenvalue weighted by Crippen LogP contribution is 2.39. The molecule has 0 spiro atoms. The largest absolute Gasteiger partial charge is 0.418 e. The molecule has 194 valence electrons. The third-order valence-electron chi connectivity index (χ3n) is 6.16. The molecule has 4 nitrogen and oxygen atoms in total. The molecule has 5 aromatic rings. The number of rotatable bonds is 4. The molecular formula is C31H21F3N2O2S. The molecule has 0 aliphatic rings. The zero-order chi connectivity index (χ0) is 27.6. The lowest BCUT2D eigenvalue weighted by molar-refractivity contribution is -0.136. The van der Waals surface area contributed by atoms with E-state index >= 15 is 0 Å². The van der Waals surface area contributed by atoms with E-state index in [1.807, 2.05) is 42.5 Å². The van der Waals surface area contributed by atoms with Crippen molar-refractivity contribution in [2.24, 2.45) is 0 Å². The fraction of sp³-hybridized carbons (Fsp3) is 0.0968. The molecule has 2 aromatic heterocycles. The average Bonchev–Trinajstić information content (AvgIpc) is 2.91. The molecule has 0 saturated carbocycles. The van der Waals surface area contributed by atoms with Crippen molar-refractivity contribution in [2.75, 3.05) is 6.26 Å². The van der Waals surface area contributed by atoms with Crippen LogP contribution in [0.2, 0.25) is 0 Å². The number of pyridine rings is 2. The number of hydrogen-bond donors (Lipinski definition) is 0. The number of benzene rings is 3. The molecule has 0 N–H and O–H groups in total. The summed E-state index contributed by atoms with van der Waals surface area (Å²) < 4.78 is 65.2. The van der Waals surface area contributed by atoms with Gasteiger partial charge in [0.1, 0.15) is 0 Å². The summed E-state index contributed by atoms with van der Waals surface area (Å²) in [6.45, 7) is 0. The molecule has 0 amide bonds. The van der Waals surface area contributed by atoms with Crippen LogP contribution in [0.5, 0.6) is 0 Å². The summed E-state index contributed by atoms with van der Waals surface area (Å²) >= 11 is 0. The Labute approximate surface area is 224 Å². The maximum atomic E-state index is 13.8. The predicted molar refractivity (Wildman–Crippen MR) is 145 cm³/mol. The third-order valence-corrected chi connectivity index (χ3v) is 7.24. The quantitative estimate of drug-likeness (QED) is 0.237. The number of nitrogens with zero attached hydrogens (tertiary/aromatic N) is 2. The first-order valence-corrected chi connectivity index (χ1v) is 13.8. The Morgan fingerprint density at radius 1 is 0.821 bits per heavy atom. The van der Waals surface area contributed by atoms with Gasteiger partial charge in [0.2, 0.25) is 0 Å². The summed E-state index contributed by atoms with van der Waals surface area (Å²) in [6.07, 6.45) is 1.28. The molecular weight excluding hydrogens is 521 g/mol. The van der Waals surface area contributed by atoms with E-state index in [9.17, 15) is 21.6 Å². The van der Waals surface area contributed by atoms with E-state index in [0.717, 1.165) is 23.4 Å². The summed E-state index contributed by atoms with van der Waals surface area (Å²) in [5.74, 6) is 5.96. The Morgan fingerprint density at radius 2 is 1.56 bits per heavy atom. The molecule has 5 rings (SSSR count). The molecule has 0 saturated heterocycles. The first-order chi connectivity index (χ1) is 18.6. The Kier molecular flexibility index (Phi) is 6.94. The second-order valence-corrected chi connectivity index (χ2v) is 11.0. The molecule has 0 unspecified atom stereocenters. The molecule has 2 heterocycles. The molecule has 3 aromatic carbocycles. The highest BCUT2D eigenvalue weighted by molar-refractivity contribution is 7.90. The second kappa shape index (κ2) is 10.4. The molecule has 8 heteroatoms. The first kappa shape index (κ1) is 26.1. The van der Waals surface area contributed by atoms with Crippen LogP contribution in [0.15, 0.2) is 102 Å².